The van der Waals surface area contributed by atoms with Crippen molar-refractivity contribution >= 4 is 17.2 Å². The van der Waals surface area contributed by atoms with E-state index in [9.17, 15) is 4.79 Å². The van der Waals surface area contributed by atoms with E-state index in [0.29, 0.717) is 5.69 Å². The number of amides is 1. The molecule has 0 unspecified atom stereocenters. The summed E-state index contributed by atoms with van der Waals surface area (Å²) < 4.78 is 5.77. The number of hydrogen-bond acceptors (Lipinski definition) is 7. The van der Waals surface area contributed by atoms with Crippen LogP contribution in [0.4, 0.5) is 5.69 Å². The van der Waals surface area contributed by atoms with Crippen molar-refractivity contribution in [2.24, 2.45) is 5.41 Å². The summed E-state index contributed by atoms with van der Waals surface area (Å²) in [5, 5.41) is 15.5. The van der Waals surface area contributed by atoms with Crippen LogP contribution >= 0.6 is 0 Å². The summed E-state index contributed by atoms with van der Waals surface area (Å²) in [6.07, 6.45) is 8.48. The third-order valence-electron chi connectivity index (χ3n) is 7.85. The van der Waals surface area contributed by atoms with Gasteiger partial charge in [0.15, 0.2) is 11.5 Å². The van der Waals surface area contributed by atoms with Gasteiger partial charge in [-0.05, 0) is 55.2 Å². The van der Waals surface area contributed by atoms with Gasteiger partial charge in [-0.15, -0.1) is 0 Å². The first-order chi connectivity index (χ1) is 17.4. The second kappa shape index (κ2) is 10.1. The first kappa shape index (κ1) is 24.6. The lowest BCUT2D eigenvalue weighted by atomic mass is 9.77. The van der Waals surface area contributed by atoms with Gasteiger partial charge in [0.05, 0.1) is 22.6 Å². The molecule has 0 atom stereocenters. The topological polar surface area (TPSA) is 119 Å². The number of nitriles is 1. The van der Waals surface area contributed by atoms with E-state index in [1.807, 2.05) is 12.1 Å². The number of carbonyl (C=O) groups excluding carboxylic acids is 1. The lowest BCUT2D eigenvalue weighted by Gasteiger charge is -2.48. The number of aromatic nitrogens is 3. The number of imidazole rings is 1. The minimum absolute atomic E-state index is 0.113. The van der Waals surface area contributed by atoms with E-state index < -0.39 is 0 Å². The first-order valence-electron chi connectivity index (χ1n) is 12.9. The molecule has 0 aromatic carbocycles. The van der Waals surface area contributed by atoms with Crippen molar-refractivity contribution in [3.05, 3.63) is 47.3 Å². The predicted molar refractivity (Wildman–Crippen MR) is 137 cm³/mol. The molecule has 2 aliphatic heterocycles. The van der Waals surface area contributed by atoms with Crippen molar-refractivity contribution in [2.45, 2.75) is 51.5 Å². The standard InChI is InChI=1S/C27H35N7O2/c1-26(2)7-5-19(6-8-26)23-21(32-25(35)24-30-18-20(17-28)31-24)3-4-22(33-23)27(9-15-36-16-10-27)34-13-11-29-12-14-34/h3-5,18,29H,6-16H2,1-2H3,(H,30,31)(H,32,35). The second-order valence-electron chi connectivity index (χ2n) is 10.8. The Morgan fingerprint density at radius 2 is 1.94 bits per heavy atom. The highest BCUT2D eigenvalue weighted by Crippen LogP contribution is 2.42. The van der Waals surface area contributed by atoms with E-state index >= 15 is 0 Å². The molecule has 3 N–H and O–H groups in total. The van der Waals surface area contributed by atoms with Gasteiger partial charge in [-0.25, -0.2) is 9.97 Å². The number of hydrogen-bond donors (Lipinski definition) is 3. The zero-order valence-corrected chi connectivity index (χ0v) is 21.2. The normalized spacial score (nSPS) is 21.9. The Balaban J connectivity index is 1.53. The number of ether oxygens (including phenoxy) is 1. The minimum atomic E-state index is -0.382. The van der Waals surface area contributed by atoms with Crippen LogP contribution in [0.25, 0.3) is 5.57 Å². The molecule has 0 spiro atoms. The number of anilines is 1. The summed E-state index contributed by atoms with van der Waals surface area (Å²) >= 11 is 0. The molecule has 5 rings (SSSR count). The minimum Gasteiger partial charge on any atom is -0.381 e. The van der Waals surface area contributed by atoms with Crippen LogP contribution in [0.5, 0.6) is 0 Å². The SMILES string of the molecule is CC1(C)CC=C(c2nc(C3(N4CCNCC4)CCOCC3)ccc2NC(=O)c2nc(C#N)c[nH]2)CC1. The number of H-pyrrole nitrogens is 1. The molecular weight excluding hydrogens is 454 g/mol. The fraction of sp³-hybridized carbons (Fsp3) is 0.556. The van der Waals surface area contributed by atoms with Crippen LogP contribution in [0.3, 0.4) is 0 Å². The summed E-state index contributed by atoms with van der Waals surface area (Å²) in [5.74, 6) is -0.269. The number of piperazine rings is 1. The van der Waals surface area contributed by atoms with Crippen LogP contribution in [0, 0.1) is 16.7 Å². The average molecular weight is 490 g/mol. The molecule has 1 amide bonds. The number of rotatable bonds is 5. The van der Waals surface area contributed by atoms with Gasteiger partial charge in [0.2, 0.25) is 0 Å². The maximum absolute atomic E-state index is 13.0. The molecule has 1 aliphatic carbocycles. The molecule has 2 fully saturated rings. The molecule has 0 saturated carbocycles. The zero-order valence-electron chi connectivity index (χ0n) is 21.2. The van der Waals surface area contributed by atoms with Crippen LogP contribution in [0.1, 0.15) is 73.7 Å². The lowest BCUT2D eigenvalue weighted by Crippen LogP contribution is -2.56. The summed E-state index contributed by atoms with van der Waals surface area (Å²) in [6.45, 7) is 9.91. The Morgan fingerprint density at radius 3 is 2.61 bits per heavy atom. The lowest BCUT2D eigenvalue weighted by molar-refractivity contribution is -0.0396. The fourth-order valence-electron chi connectivity index (χ4n) is 5.57. The highest BCUT2D eigenvalue weighted by atomic mass is 16.5. The van der Waals surface area contributed by atoms with Crippen LogP contribution in [-0.4, -0.2) is 65.2 Å². The Bertz CT molecular complexity index is 1180. The largest absolute Gasteiger partial charge is 0.381 e. The van der Waals surface area contributed by atoms with Gasteiger partial charge in [-0.3, -0.25) is 9.69 Å². The Hall–Kier alpha value is -3.06. The number of nitrogens with zero attached hydrogens (tertiary/aromatic N) is 4. The van der Waals surface area contributed by atoms with E-state index in [1.54, 1.807) is 0 Å². The molecule has 9 heteroatoms. The van der Waals surface area contributed by atoms with Crippen molar-refractivity contribution in [3.8, 4) is 6.07 Å². The van der Waals surface area contributed by atoms with Gasteiger partial charge in [-0.2, -0.15) is 5.26 Å². The highest BCUT2D eigenvalue weighted by Gasteiger charge is 2.42. The molecule has 2 saturated heterocycles. The molecule has 3 aliphatic rings. The number of allylic oxidation sites excluding steroid dienone is 2. The van der Waals surface area contributed by atoms with E-state index in [-0.39, 0.29) is 28.4 Å². The molecule has 9 nitrogen and oxygen atoms in total. The van der Waals surface area contributed by atoms with Gasteiger partial charge in [0, 0.05) is 45.6 Å². The fourth-order valence-corrected chi connectivity index (χ4v) is 5.57. The maximum atomic E-state index is 13.0. The van der Waals surface area contributed by atoms with E-state index in [4.69, 9.17) is 15.0 Å². The van der Waals surface area contributed by atoms with Gasteiger partial charge >= 0.3 is 0 Å². The van der Waals surface area contributed by atoms with Crippen LogP contribution < -0.4 is 10.6 Å². The zero-order chi connectivity index (χ0) is 25.2. The molecule has 190 valence electrons. The number of aromatic amines is 1. The van der Waals surface area contributed by atoms with E-state index in [2.05, 4.69) is 51.5 Å². The molecule has 0 bridgehead atoms. The quantitative estimate of drug-likeness (QED) is 0.589. The summed E-state index contributed by atoms with van der Waals surface area (Å²) in [4.78, 5) is 27.7. The summed E-state index contributed by atoms with van der Waals surface area (Å²) in [7, 11) is 0. The third kappa shape index (κ3) is 4.94. The van der Waals surface area contributed by atoms with Crippen molar-refractivity contribution in [2.75, 3.05) is 44.7 Å². The third-order valence-corrected chi connectivity index (χ3v) is 7.85. The van der Waals surface area contributed by atoms with Crippen molar-refractivity contribution in [3.63, 3.8) is 0 Å². The highest BCUT2D eigenvalue weighted by molar-refractivity contribution is 6.03. The number of carbonyl (C=O) groups is 1. The average Bonchev–Trinajstić information content (AvgIpc) is 3.40. The van der Waals surface area contributed by atoms with Gasteiger partial charge in [0.1, 0.15) is 6.07 Å². The van der Waals surface area contributed by atoms with Crippen molar-refractivity contribution < 1.29 is 9.53 Å². The molecular formula is C27H35N7O2. The Morgan fingerprint density at radius 1 is 1.17 bits per heavy atom. The predicted octanol–water partition coefficient (Wildman–Crippen LogP) is 3.43. The van der Waals surface area contributed by atoms with E-state index in [1.165, 1.54) is 11.8 Å². The van der Waals surface area contributed by atoms with Crippen LogP contribution in [0.15, 0.2) is 24.4 Å². The Labute approximate surface area is 212 Å². The maximum Gasteiger partial charge on any atom is 0.291 e. The van der Waals surface area contributed by atoms with Gasteiger partial charge < -0.3 is 20.4 Å². The smallest absolute Gasteiger partial charge is 0.291 e. The molecule has 2 aromatic heterocycles. The summed E-state index contributed by atoms with van der Waals surface area (Å²) in [5.41, 5.74) is 4.01. The van der Waals surface area contributed by atoms with Crippen LogP contribution in [-0.2, 0) is 10.3 Å². The van der Waals surface area contributed by atoms with Gasteiger partial charge in [-0.1, -0.05) is 19.9 Å². The van der Waals surface area contributed by atoms with E-state index in [0.717, 1.165) is 82.9 Å². The van der Waals surface area contributed by atoms with Gasteiger partial charge in [0.25, 0.3) is 5.91 Å². The van der Waals surface area contributed by atoms with Crippen LogP contribution in [0.2, 0.25) is 0 Å². The molecule has 2 aromatic rings. The second-order valence-corrected chi connectivity index (χ2v) is 10.8. The molecule has 4 heterocycles. The molecule has 36 heavy (non-hydrogen) atoms. The number of pyridine rings is 1. The van der Waals surface area contributed by atoms with Crippen molar-refractivity contribution in [1.82, 2.24) is 25.2 Å². The first-order valence-corrected chi connectivity index (χ1v) is 12.9. The summed E-state index contributed by atoms with van der Waals surface area (Å²) in [6, 6.07) is 6.01. The Kier molecular flexibility index (Phi) is 6.93. The van der Waals surface area contributed by atoms with Crippen molar-refractivity contribution in [1.29, 1.82) is 5.26 Å². The monoisotopic (exact) mass is 489 g/mol. The molecule has 0 radical (unpaired) electrons. The number of nitrogens with one attached hydrogen (secondary N) is 3.